The number of fused-ring (bicyclic) bond motifs is 1. The SMILES string of the molecule is CSc1ccc(CNC(=O)NCC2CN3CCCC3CO2)cc1. The summed E-state index contributed by atoms with van der Waals surface area (Å²) in [6.07, 6.45) is 4.68. The minimum Gasteiger partial charge on any atom is -0.373 e. The zero-order valence-corrected chi connectivity index (χ0v) is 14.4. The van der Waals surface area contributed by atoms with Crippen LogP contribution in [0.1, 0.15) is 18.4 Å². The molecule has 3 rings (SSSR count). The van der Waals surface area contributed by atoms with Crippen LogP contribution in [0, 0.1) is 0 Å². The van der Waals surface area contributed by atoms with E-state index < -0.39 is 0 Å². The van der Waals surface area contributed by atoms with Gasteiger partial charge >= 0.3 is 6.03 Å². The molecule has 0 aliphatic carbocycles. The topological polar surface area (TPSA) is 53.6 Å². The number of rotatable bonds is 5. The summed E-state index contributed by atoms with van der Waals surface area (Å²) in [4.78, 5) is 15.6. The van der Waals surface area contributed by atoms with E-state index in [0.717, 1.165) is 18.7 Å². The van der Waals surface area contributed by atoms with Gasteiger partial charge in [0, 0.05) is 30.6 Å². The molecule has 2 unspecified atom stereocenters. The Morgan fingerprint density at radius 3 is 2.96 bits per heavy atom. The largest absolute Gasteiger partial charge is 0.373 e. The molecule has 2 aliphatic rings. The minimum atomic E-state index is -0.133. The smallest absolute Gasteiger partial charge is 0.315 e. The van der Waals surface area contributed by atoms with Crippen molar-refractivity contribution in [3.05, 3.63) is 29.8 Å². The third kappa shape index (κ3) is 4.62. The molecule has 6 heteroatoms. The lowest BCUT2D eigenvalue weighted by molar-refractivity contribution is -0.0457. The number of thioether (sulfide) groups is 1. The molecule has 2 aliphatic heterocycles. The van der Waals surface area contributed by atoms with Crippen LogP contribution < -0.4 is 10.6 Å². The number of nitrogens with zero attached hydrogens (tertiary/aromatic N) is 1. The Morgan fingerprint density at radius 2 is 2.17 bits per heavy atom. The number of morpholine rings is 1. The van der Waals surface area contributed by atoms with Gasteiger partial charge in [-0.05, 0) is 43.3 Å². The molecule has 0 saturated carbocycles. The third-order valence-corrected chi connectivity index (χ3v) is 5.31. The van der Waals surface area contributed by atoms with Crippen LogP contribution in [0.2, 0.25) is 0 Å². The van der Waals surface area contributed by atoms with E-state index in [-0.39, 0.29) is 12.1 Å². The molecule has 0 bridgehead atoms. The molecule has 0 spiro atoms. The summed E-state index contributed by atoms with van der Waals surface area (Å²) in [6, 6.07) is 8.70. The maximum Gasteiger partial charge on any atom is 0.315 e. The lowest BCUT2D eigenvalue weighted by atomic mass is 10.2. The molecule has 0 aromatic heterocycles. The monoisotopic (exact) mass is 335 g/mol. The van der Waals surface area contributed by atoms with Gasteiger partial charge < -0.3 is 15.4 Å². The van der Waals surface area contributed by atoms with E-state index in [2.05, 4.69) is 33.9 Å². The van der Waals surface area contributed by atoms with E-state index in [1.807, 2.05) is 12.1 Å². The molecule has 23 heavy (non-hydrogen) atoms. The highest BCUT2D eigenvalue weighted by Crippen LogP contribution is 2.22. The summed E-state index contributed by atoms with van der Waals surface area (Å²) in [5.74, 6) is 0. The normalized spacial score (nSPS) is 24.2. The molecule has 2 amide bonds. The number of amides is 2. The van der Waals surface area contributed by atoms with Crippen molar-refractivity contribution in [1.82, 2.24) is 15.5 Å². The first kappa shape index (κ1) is 16.6. The molecular weight excluding hydrogens is 310 g/mol. The molecule has 2 atom stereocenters. The molecule has 2 fully saturated rings. The van der Waals surface area contributed by atoms with Crippen molar-refractivity contribution >= 4 is 17.8 Å². The second-order valence-corrected chi connectivity index (χ2v) is 7.04. The van der Waals surface area contributed by atoms with Gasteiger partial charge in [-0.2, -0.15) is 0 Å². The van der Waals surface area contributed by atoms with E-state index in [0.29, 0.717) is 19.1 Å². The van der Waals surface area contributed by atoms with E-state index in [4.69, 9.17) is 4.74 Å². The summed E-state index contributed by atoms with van der Waals surface area (Å²) >= 11 is 1.71. The highest BCUT2D eigenvalue weighted by molar-refractivity contribution is 7.98. The van der Waals surface area contributed by atoms with Crippen LogP contribution in [0.25, 0.3) is 0 Å². The highest BCUT2D eigenvalue weighted by Gasteiger charge is 2.32. The Kier molecular flexibility index (Phi) is 5.80. The maximum atomic E-state index is 11.9. The van der Waals surface area contributed by atoms with Crippen LogP contribution in [-0.2, 0) is 11.3 Å². The fourth-order valence-electron chi connectivity index (χ4n) is 3.20. The number of hydrogen-bond acceptors (Lipinski definition) is 4. The van der Waals surface area contributed by atoms with Gasteiger partial charge in [0.1, 0.15) is 0 Å². The van der Waals surface area contributed by atoms with Crippen LogP contribution in [0.3, 0.4) is 0 Å². The van der Waals surface area contributed by atoms with Crippen molar-refractivity contribution in [2.45, 2.75) is 36.4 Å². The van der Waals surface area contributed by atoms with Crippen LogP contribution in [-0.4, -0.2) is 55.6 Å². The number of benzene rings is 1. The van der Waals surface area contributed by atoms with Gasteiger partial charge in [0.05, 0.1) is 12.7 Å². The first-order valence-corrected chi connectivity index (χ1v) is 9.47. The fraction of sp³-hybridized carbons (Fsp3) is 0.588. The van der Waals surface area contributed by atoms with Gasteiger partial charge in [-0.3, -0.25) is 4.90 Å². The Bertz CT molecular complexity index is 523. The maximum absolute atomic E-state index is 11.9. The zero-order valence-electron chi connectivity index (χ0n) is 13.6. The number of carbonyl (C=O) groups excluding carboxylic acids is 1. The van der Waals surface area contributed by atoms with E-state index in [9.17, 15) is 4.79 Å². The first-order valence-electron chi connectivity index (χ1n) is 8.25. The Labute approximate surface area is 142 Å². The molecule has 1 aromatic rings. The van der Waals surface area contributed by atoms with E-state index in [1.54, 1.807) is 11.8 Å². The molecule has 126 valence electrons. The first-order chi connectivity index (χ1) is 11.2. The van der Waals surface area contributed by atoms with Crippen molar-refractivity contribution in [1.29, 1.82) is 0 Å². The fourth-order valence-corrected chi connectivity index (χ4v) is 3.61. The average molecular weight is 335 g/mol. The standard InChI is InChI=1S/C17H25N3O2S/c1-23-16-6-4-13(5-7-16)9-18-17(21)19-10-15-11-20-8-2-3-14(20)12-22-15/h4-7,14-15H,2-3,8-12H2,1H3,(H2,18,19,21). The van der Waals surface area contributed by atoms with Gasteiger partial charge in [0.15, 0.2) is 0 Å². The molecule has 2 heterocycles. The van der Waals surface area contributed by atoms with Crippen LogP contribution >= 0.6 is 11.8 Å². The number of urea groups is 1. The number of ether oxygens (including phenoxy) is 1. The Balaban J connectivity index is 1.36. The third-order valence-electron chi connectivity index (χ3n) is 4.56. The van der Waals surface area contributed by atoms with Crippen LogP contribution in [0.15, 0.2) is 29.2 Å². The van der Waals surface area contributed by atoms with Gasteiger partial charge in [-0.1, -0.05) is 12.1 Å². The lowest BCUT2D eigenvalue weighted by Gasteiger charge is -2.35. The summed E-state index contributed by atoms with van der Waals surface area (Å²) in [5, 5.41) is 5.82. The van der Waals surface area contributed by atoms with Crippen molar-refractivity contribution in [3.63, 3.8) is 0 Å². The predicted octanol–water partition coefficient (Wildman–Crippen LogP) is 2.07. The van der Waals surface area contributed by atoms with Crippen molar-refractivity contribution < 1.29 is 9.53 Å². The van der Waals surface area contributed by atoms with Crippen LogP contribution in [0.4, 0.5) is 4.79 Å². The minimum absolute atomic E-state index is 0.107. The van der Waals surface area contributed by atoms with Crippen LogP contribution in [0.5, 0.6) is 0 Å². The van der Waals surface area contributed by atoms with Gasteiger partial charge in [0.25, 0.3) is 0 Å². The predicted molar refractivity (Wildman–Crippen MR) is 92.8 cm³/mol. The number of carbonyl (C=O) groups is 1. The summed E-state index contributed by atoms with van der Waals surface area (Å²) in [6.45, 7) is 4.01. The zero-order chi connectivity index (χ0) is 16.1. The molecule has 2 saturated heterocycles. The quantitative estimate of drug-likeness (QED) is 0.809. The molecule has 5 nitrogen and oxygen atoms in total. The second kappa shape index (κ2) is 8.04. The number of hydrogen-bond donors (Lipinski definition) is 2. The molecule has 0 radical (unpaired) electrons. The van der Waals surface area contributed by atoms with Gasteiger partial charge in [0.2, 0.25) is 0 Å². The van der Waals surface area contributed by atoms with Gasteiger partial charge in [-0.25, -0.2) is 4.79 Å². The molecular formula is C17H25N3O2S. The summed E-state index contributed by atoms with van der Waals surface area (Å²) in [7, 11) is 0. The van der Waals surface area contributed by atoms with Gasteiger partial charge in [-0.15, -0.1) is 11.8 Å². The highest BCUT2D eigenvalue weighted by atomic mass is 32.2. The van der Waals surface area contributed by atoms with Crippen molar-refractivity contribution in [3.8, 4) is 0 Å². The van der Waals surface area contributed by atoms with Crippen molar-refractivity contribution in [2.24, 2.45) is 0 Å². The summed E-state index contributed by atoms with van der Waals surface area (Å²) < 4.78 is 5.84. The number of nitrogens with one attached hydrogen (secondary N) is 2. The van der Waals surface area contributed by atoms with Crippen molar-refractivity contribution in [2.75, 3.05) is 32.5 Å². The molecule has 1 aromatic carbocycles. The Hall–Kier alpha value is -1.24. The average Bonchev–Trinajstić information content (AvgIpc) is 3.06. The second-order valence-electron chi connectivity index (χ2n) is 6.16. The summed E-state index contributed by atoms with van der Waals surface area (Å²) in [5.41, 5.74) is 1.10. The van der Waals surface area contributed by atoms with E-state index >= 15 is 0 Å². The van der Waals surface area contributed by atoms with E-state index in [1.165, 1.54) is 24.3 Å². The Morgan fingerprint density at radius 1 is 1.35 bits per heavy atom. The molecule has 2 N–H and O–H groups in total. The lowest BCUT2D eigenvalue weighted by Crippen LogP contribution is -2.51.